The molecule has 0 aliphatic carbocycles. The molecule has 5 nitrogen and oxygen atoms in total. The second kappa shape index (κ2) is 8.42. The molecule has 1 aromatic carbocycles. The third kappa shape index (κ3) is 4.66. The summed E-state index contributed by atoms with van der Waals surface area (Å²) in [5, 5.41) is 0. The maximum absolute atomic E-state index is 5.47. The first-order valence-electron chi connectivity index (χ1n) is 8.76. The summed E-state index contributed by atoms with van der Waals surface area (Å²) in [5.74, 6) is 1.11. The van der Waals surface area contributed by atoms with E-state index < -0.39 is 0 Å². The Kier molecular flexibility index (Phi) is 6.01. The second-order valence-corrected chi connectivity index (χ2v) is 6.61. The van der Waals surface area contributed by atoms with E-state index in [1.807, 2.05) is 12.4 Å². The zero-order valence-corrected chi connectivity index (χ0v) is 14.8. The molecule has 1 fully saturated rings. The van der Waals surface area contributed by atoms with E-state index in [-0.39, 0.29) is 0 Å². The largest absolute Gasteiger partial charge is 0.379 e. The van der Waals surface area contributed by atoms with Gasteiger partial charge in [-0.1, -0.05) is 30.3 Å². The van der Waals surface area contributed by atoms with Crippen LogP contribution in [0.1, 0.15) is 18.3 Å². The van der Waals surface area contributed by atoms with Gasteiger partial charge in [0, 0.05) is 51.7 Å². The Labute approximate surface area is 144 Å². The Balaban J connectivity index is 1.69. The van der Waals surface area contributed by atoms with Crippen molar-refractivity contribution in [3.8, 4) is 0 Å². The van der Waals surface area contributed by atoms with Crippen molar-refractivity contribution in [3.63, 3.8) is 0 Å². The summed E-state index contributed by atoms with van der Waals surface area (Å²) in [7, 11) is 2.07. The van der Waals surface area contributed by atoms with E-state index in [1.165, 1.54) is 5.56 Å². The first-order valence-corrected chi connectivity index (χ1v) is 8.76. The van der Waals surface area contributed by atoms with E-state index in [0.29, 0.717) is 6.04 Å². The van der Waals surface area contributed by atoms with Gasteiger partial charge in [-0.3, -0.25) is 9.80 Å². The molecule has 1 aliphatic rings. The maximum Gasteiger partial charge on any atom is 0.122 e. The highest BCUT2D eigenvalue weighted by Crippen LogP contribution is 2.14. The molecular formula is C19H28N4O. The van der Waals surface area contributed by atoms with Gasteiger partial charge in [-0.2, -0.15) is 0 Å². The SMILES string of the molecule is C[C@H](CN1CCOCC1)N(Cc1ccccc1)Cc1nccn1C. The number of morpholine rings is 1. The second-order valence-electron chi connectivity index (χ2n) is 6.61. The first kappa shape index (κ1) is 17.1. The highest BCUT2D eigenvalue weighted by atomic mass is 16.5. The molecule has 2 aromatic rings. The lowest BCUT2D eigenvalue weighted by molar-refractivity contribution is 0.0222. The lowest BCUT2D eigenvalue weighted by Gasteiger charge is -2.35. The lowest BCUT2D eigenvalue weighted by atomic mass is 10.1. The van der Waals surface area contributed by atoms with Gasteiger partial charge in [0.05, 0.1) is 19.8 Å². The van der Waals surface area contributed by atoms with Crippen LogP contribution in [-0.2, 0) is 24.9 Å². The number of imidazole rings is 1. The van der Waals surface area contributed by atoms with Gasteiger partial charge < -0.3 is 9.30 Å². The third-order valence-corrected chi connectivity index (χ3v) is 4.74. The molecule has 1 saturated heterocycles. The topological polar surface area (TPSA) is 33.5 Å². The minimum Gasteiger partial charge on any atom is -0.379 e. The molecule has 0 radical (unpaired) electrons. The molecule has 0 spiro atoms. The predicted octanol–water partition coefficient (Wildman–Crippen LogP) is 2.14. The van der Waals surface area contributed by atoms with Gasteiger partial charge in [-0.25, -0.2) is 4.98 Å². The molecule has 0 bridgehead atoms. The van der Waals surface area contributed by atoms with E-state index >= 15 is 0 Å². The van der Waals surface area contributed by atoms with Gasteiger partial charge in [0.2, 0.25) is 0 Å². The number of nitrogens with zero attached hydrogens (tertiary/aromatic N) is 4. The Morgan fingerprint density at radius 2 is 1.92 bits per heavy atom. The van der Waals surface area contributed by atoms with E-state index in [0.717, 1.165) is 51.8 Å². The highest BCUT2D eigenvalue weighted by molar-refractivity contribution is 5.14. The minimum atomic E-state index is 0.458. The molecule has 0 N–H and O–H groups in total. The average molecular weight is 328 g/mol. The Hall–Kier alpha value is -1.69. The fourth-order valence-electron chi connectivity index (χ4n) is 3.19. The number of aromatic nitrogens is 2. The average Bonchev–Trinajstić information content (AvgIpc) is 3.01. The monoisotopic (exact) mass is 328 g/mol. The van der Waals surface area contributed by atoms with Crippen molar-refractivity contribution >= 4 is 0 Å². The van der Waals surface area contributed by atoms with Gasteiger partial charge in [0.1, 0.15) is 5.82 Å². The molecule has 5 heteroatoms. The van der Waals surface area contributed by atoms with E-state index in [2.05, 4.69) is 63.7 Å². The van der Waals surface area contributed by atoms with Crippen molar-refractivity contribution in [1.29, 1.82) is 0 Å². The molecule has 1 aliphatic heterocycles. The van der Waals surface area contributed by atoms with Crippen molar-refractivity contribution in [3.05, 3.63) is 54.1 Å². The fraction of sp³-hybridized carbons (Fsp3) is 0.526. The van der Waals surface area contributed by atoms with Crippen molar-refractivity contribution in [2.24, 2.45) is 7.05 Å². The number of benzene rings is 1. The predicted molar refractivity (Wildman–Crippen MR) is 95.6 cm³/mol. The molecule has 1 atom stereocenters. The molecule has 3 rings (SSSR count). The highest BCUT2D eigenvalue weighted by Gasteiger charge is 2.20. The Bertz CT molecular complexity index is 607. The molecule has 24 heavy (non-hydrogen) atoms. The Morgan fingerprint density at radius 3 is 2.58 bits per heavy atom. The zero-order valence-electron chi connectivity index (χ0n) is 14.8. The van der Waals surface area contributed by atoms with E-state index in [9.17, 15) is 0 Å². The van der Waals surface area contributed by atoms with Crippen molar-refractivity contribution in [2.45, 2.75) is 26.1 Å². The van der Waals surface area contributed by atoms with Crippen LogP contribution in [-0.4, -0.2) is 58.2 Å². The number of rotatable bonds is 7. The third-order valence-electron chi connectivity index (χ3n) is 4.74. The van der Waals surface area contributed by atoms with Crippen LogP contribution in [0.25, 0.3) is 0 Å². The van der Waals surface area contributed by atoms with E-state index in [1.54, 1.807) is 0 Å². The molecule has 1 aromatic heterocycles. The van der Waals surface area contributed by atoms with Crippen LogP contribution in [0, 0.1) is 0 Å². The summed E-state index contributed by atoms with van der Waals surface area (Å²) in [6.45, 7) is 8.97. The molecular weight excluding hydrogens is 300 g/mol. The van der Waals surface area contributed by atoms with Gasteiger partial charge in [-0.15, -0.1) is 0 Å². The van der Waals surface area contributed by atoms with Crippen LogP contribution in [0.3, 0.4) is 0 Å². The number of ether oxygens (including phenoxy) is 1. The van der Waals surface area contributed by atoms with Gasteiger partial charge >= 0.3 is 0 Å². The summed E-state index contributed by atoms with van der Waals surface area (Å²) in [4.78, 5) is 9.54. The summed E-state index contributed by atoms with van der Waals surface area (Å²) in [6.07, 6.45) is 3.89. The van der Waals surface area contributed by atoms with Crippen LogP contribution in [0.2, 0.25) is 0 Å². The standard InChI is InChI=1S/C19H28N4O/c1-17(14-22-10-12-24-13-11-22)23(15-18-6-4-3-5-7-18)16-19-20-8-9-21(19)2/h3-9,17H,10-16H2,1-2H3/t17-/m1/s1. The normalized spacial score (nSPS) is 17.3. The van der Waals surface area contributed by atoms with Gasteiger partial charge in [0.15, 0.2) is 0 Å². The van der Waals surface area contributed by atoms with E-state index in [4.69, 9.17) is 4.74 Å². The summed E-state index contributed by atoms with van der Waals surface area (Å²) < 4.78 is 7.58. The summed E-state index contributed by atoms with van der Waals surface area (Å²) >= 11 is 0. The molecule has 0 unspecified atom stereocenters. The van der Waals surface area contributed by atoms with Crippen molar-refractivity contribution < 1.29 is 4.74 Å². The van der Waals surface area contributed by atoms with Gasteiger partial charge in [0.25, 0.3) is 0 Å². The first-order chi connectivity index (χ1) is 11.7. The van der Waals surface area contributed by atoms with Crippen LogP contribution in [0.4, 0.5) is 0 Å². The summed E-state index contributed by atoms with van der Waals surface area (Å²) in [5.41, 5.74) is 1.35. The van der Waals surface area contributed by atoms with Crippen LogP contribution in [0.5, 0.6) is 0 Å². The number of hydrogen-bond donors (Lipinski definition) is 0. The smallest absolute Gasteiger partial charge is 0.122 e. The number of hydrogen-bond acceptors (Lipinski definition) is 4. The molecule has 0 amide bonds. The lowest BCUT2D eigenvalue weighted by Crippen LogP contribution is -2.46. The Morgan fingerprint density at radius 1 is 1.17 bits per heavy atom. The quantitative estimate of drug-likeness (QED) is 0.780. The van der Waals surface area contributed by atoms with Crippen LogP contribution >= 0.6 is 0 Å². The van der Waals surface area contributed by atoms with Crippen molar-refractivity contribution in [2.75, 3.05) is 32.8 Å². The maximum atomic E-state index is 5.47. The van der Waals surface area contributed by atoms with Crippen LogP contribution < -0.4 is 0 Å². The zero-order chi connectivity index (χ0) is 16.8. The fourth-order valence-corrected chi connectivity index (χ4v) is 3.19. The molecule has 130 valence electrons. The van der Waals surface area contributed by atoms with Crippen LogP contribution in [0.15, 0.2) is 42.7 Å². The summed E-state index contributed by atoms with van der Waals surface area (Å²) in [6, 6.07) is 11.2. The molecule has 0 saturated carbocycles. The molecule has 2 heterocycles. The number of aryl methyl sites for hydroxylation is 1. The van der Waals surface area contributed by atoms with Gasteiger partial charge in [-0.05, 0) is 12.5 Å². The minimum absolute atomic E-state index is 0.458. The van der Waals surface area contributed by atoms with Crippen molar-refractivity contribution in [1.82, 2.24) is 19.4 Å².